The molecule has 12 heavy (non-hydrogen) atoms. The van der Waals surface area contributed by atoms with Crippen molar-refractivity contribution in [2.75, 3.05) is 13.2 Å². The minimum atomic E-state index is 0.802. The summed E-state index contributed by atoms with van der Waals surface area (Å²) >= 11 is 0. The van der Waals surface area contributed by atoms with E-state index in [1.165, 1.54) is 5.57 Å². The van der Waals surface area contributed by atoms with Crippen LogP contribution in [0.4, 0.5) is 0 Å². The minimum Gasteiger partial charge on any atom is -0.373 e. The molecule has 0 aromatic heterocycles. The maximum Gasteiger partial charge on any atom is 0.142 e. The fraction of sp³-hybridized carbons (Fsp3) is 0.500. The lowest BCUT2D eigenvalue weighted by atomic mass is 10.1. The van der Waals surface area contributed by atoms with Gasteiger partial charge in [0, 0.05) is 0 Å². The summed E-state index contributed by atoms with van der Waals surface area (Å²) in [6, 6.07) is 0. The zero-order valence-corrected chi connectivity index (χ0v) is 7.38. The van der Waals surface area contributed by atoms with Crippen molar-refractivity contribution < 1.29 is 9.53 Å². The largest absolute Gasteiger partial charge is 0.373 e. The van der Waals surface area contributed by atoms with Crippen LogP contribution >= 0.6 is 0 Å². The quantitative estimate of drug-likeness (QED) is 0.362. The van der Waals surface area contributed by atoms with E-state index in [-0.39, 0.29) is 0 Å². The van der Waals surface area contributed by atoms with Crippen molar-refractivity contribution in [3.8, 4) is 0 Å². The van der Waals surface area contributed by atoms with Crippen molar-refractivity contribution in [1.29, 1.82) is 0 Å². The van der Waals surface area contributed by atoms with Crippen molar-refractivity contribution in [1.82, 2.24) is 0 Å². The molecule has 0 aromatic rings. The molecule has 0 spiro atoms. The molecule has 2 heteroatoms. The van der Waals surface area contributed by atoms with Crippen molar-refractivity contribution in [2.45, 2.75) is 19.8 Å². The van der Waals surface area contributed by atoms with Gasteiger partial charge in [0.15, 0.2) is 0 Å². The number of rotatable bonds is 4. The Morgan fingerprint density at radius 2 is 2.33 bits per heavy atom. The standard InChI is InChI=1S/C10H14O2/c1-9(5-6-11)3-2-4-10-7-12-8-10/h4-6H,2-3,7-8H2,1H3/b9-5-. The summed E-state index contributed by atoms with van der Waals surface area (Å²) in [5.74, 6) is 0. The van der Waals surface area contributed by atoms with Crippen LogP contribution in [-0.2, 0) is 9.53 Å². The molecule has 0 aliphatic carbocycles. The van der Waals surface area contributed by atoms with Gasteiger partial charge in [-0.1, -0.05) is 11.6 Å². The number of hydrogen-bond donors (Lipinski definition) is 0. The topological polar surface area (TPSA) is 26.3 Å². The Balaban J connectivity index is 2.16. The number of hydrogen-bond acceptors (Lipinski definition) is 2. The molecule has 66 valence electrons. The summed E-state index contributed by atoms with van der Waals surface area (Å²) in [5, 5.41) is 0. The molecule has 1 aliphatic heterocycles. The van der Waals surface area contributed by atoms with Crippen LogP contribution in [-0.4, -0.2) is 19.5 Å². The lowest BCUT2D eigenvalue weighted by Gasteiger charge is -2.17. The van der Waals surface area contributed by atoms with Gasteiger partial charge >= 0.3 is 0 Å². The molecule has 0 bridgehead atoms. The Morgan fingerprint density at radius 3 is 2.83 bits per heavy atom. The van der Waals surface area contributed by atoms with Gasteiger partial charge < -0.3 is 4.74 Å². The van der Waals surface area contributed by atoms with Gasteiger partial charge in [0.2, 0.25) is 0 Å². The third kappa shape index (κ3) is 3.01. The maximum atomic E-state index is 10.1. The van der Waals surface area contributed by atoms with Crippen LogP contribution in [0.1, 0.15) is 19.8 Å². The third-order valence-electron chi connectivity index (χ3n) is 1.90. The van der Waals surface area contributed by atoms with Crippen molar-refractivity contribution in [3.63, 3.8) is 0 Å². The highest BCUT2D eigenvalue weighted by Crippen LogP contribution is 2.11. The number of ether oxygens (including phenoxy) is 1. The van der Waals surface area contributed by atoms with E-state index in [4.69, 9.17) is 4.74 Å². The van der Waals surface area contributed by atoms with E-state index in [1.54, 1.807) is 6.08 Å². The molecule has 0 aromatic carbocycles. The summed E-state index contributed by atoms with van der Waals surface area (Å²) in [6.45, 7) is 3.58. The number of carbonyl (C=O) groups excluding carboxylic acids is 1. The van der Waals surface area contributed by atoms with E-state index in [2.05, 4.69) is 6.08 Å². The molecule has 0 N–H and O–H groups in total. The van der Waals surface area contributed by atoms with Crippen molar-refractivity contribution in [2.24, 2.45) is 0 Å². The molecule has 0 saturated carbocycles. The first-order valence-corrected chi connectivity index (χ1v) is 4.19. The van der Waals surface area contributed by atoms with Crippen LogP contribution in [0.2, 0.25) is 0 Å². The molecule has 0 radical (unpaired) electrons. The second-order valence-corrected chi connectivity index (χ2v) is 3.04. The van der Waals surface area contributed by atoms with Crippen LogP contribution < -0.4 is 0 Å². The van der Waals surface area contributed by atoms with E-state index >= 15 is 0 Å². The van der Waals surface area contributed by atoms with Crippen molar-refractivity contribution in [3.05, 3.63) is 23.3 Å². The molecular formula is C10H14O2. The van der Waals surface area contributed by atoms with E-state index < -0.39 is 0 Å². The Kier molecular flexibility index (Phi) is 3.74. The van der Waals surface area contributed by atoms with Crippen molar-refractivity contribution >= 4 is 6.29 Å². The highest BCUT2D eigenvalue weighted by molar-refractivity contribution is 5.65. The smallest absolute Gasteiger partial charge is 0.142 e. The number of aldehydes is 1. The van der Waals surface area contributed by atoms with Crippen LogP contribution in [0.5, 0.6) is 0 Å². The molecule has 1 heterocycles. The average Bonchev–Trinajstić information content (AvgIpc) is 1.95. The molecule has 0 amide bonds. The van der Waals surface area contributed by atoms with Gasteiger partial charge in [-0.25, -0.2) is 0 Å². The highest BCUT2D eigenvalue weighted by Gasteiger charge is 2.06. The molecule has 0 unspecified atom stereocenters. The van der Waals surface area contributed by atoms with E-state index in [0.717, 1.165) is 37.9 Å². The van der Waals surface area contributed by atoms with Gasteiger partial charge in [-0.2, -0.15) is 0 Å². The molecule has 1 aliphatic rings. The maximum absolute atomic E-state index is 10.1. The SMILES string of the molecule is C/C(=C/C=O)CCC=C1COC1. The van der Waals surface area contributed by atoms with Gasteiger partial charge in [-0.05, 0) is 31.4 Å². The number of allylic oxidation sites excluding steroid dienone is 3. The van der Waals surface area contributed by atoms with Gasteiger partial charge in [-0.15, -0.1) is 0 Å². The second-order valence-electron chi connectivity index (χ2n) is 3.04. The average molecular weight is 166 g/mol. The summed E-state index contributed by atoms with van der Waals surface area (Å²) < 4.78 is 5.00. The monoisotopic (exact) mass is 166 g/mol. The zero-order chi connectivity index (χ0) is 8.81. The summed E-state index contributed by atoms with van der Waals surface area (Å²) in [6.07, 6.45) is 6.66. The van der Waals surface area contributed by atoms with Crippen LogP contribution in [0.3, 0.4) is 0 Å². The van der Waals surface area contributed by atoms with Gasteiger partial charge in [-0.3, -0.25) is 4.79 Å². The first kappa shape index (κ1) is 9.20. The zero-order valence-electron chi connectivity index (χ0n) is 7.38. The normalized spacial score (nSPS) is 17.1. The third-order valence-corrected chi connectivity index (χ3v) is 1.90. The van der Waals surface area contributed by atoms with Gasteiger partial charge in [0.05, 0.1) is 13.2 Å². The van der Waals surface area contributed by atoms with Crippen LogP contribution in [0.25, 0.3) is 0 Å². The molecule has 1 rings (SSSR count). The van der Waals surface area contributed by atoms with Gasteiger partial charge in [0.25, 0.3) is 0 Å². The summed E-state index contributed by atoms with van der Waals surface area (Å²) in [4.78, 5) is 10.1. The predicted octanol–water partition coefficient (Wildman–Crippen LogP) is 1.87. The van der Waals surface area contributed by atoms with Gasteiger partial charge in [0.1, 0.15) is 6.29 Å². The lowest BCUT2D eigenvalue weighted by molar-refractivity contribution is -0.104. The Morgan fingerprint density at radius 1 is 1.58 bits per heavy atom. The summed E-state index contributed by atoms with van der Waals surface area (Å²) in [7, 11) is 0. The fourth-order valence-electron chi connectivity index (χ4n) is 1.04. The fourth-order valence-corrected chi connectivity index (χ4v) is 1.04. The summed E-state index contributed by atoms with van der Waals surface area (Å²) in [5.41, 5.74) is 2.52. The van der Waals surface area contributed by atoms with Crippen LogP contribution in [0.15, 0.2) is 23.3 Å². The predicted molar refractivity (Wildman–Crippen MR) is 48.0 cm³/mol. The molecule has 2 nitrogen and oxygen atoms in total. The molecule has 1 fully saturated rings. The second kappa shape index (κ2) is 4.88. The molecule has 1 saturated heterocycles. The Bertz CT molecular complexity index is 208. The highest BCUT2D eigenvalue weighted by atomic mass is 16.5. The van der Waals surface area contributed by atoms with E-state index in [0.29, 0.717) is 0 Å². The minimum absolute atomic E-state index is 0.802. The lowest BCUT2D eigenvalue weighted by Crippen LogP contribution is -2.15. The Labute approximate surface area is 72.9 Å². The number of carbonyl (C=O) groups is 1. The molecular weight excluding hydrogens is 152 g/mol. The van der Waals surface area contributed by atoms with Crippen LogP contribution in [0, 0.1) is 0 Å². The Hall–Kier alpha value is -0.890. The first-order chi connectivity index (χ1) is 5.83. The van der Waals surface area contributed by atoms with E-state index in [1.807, 2.05) is 6.92 Å². The first-order valence-electron chi connectivity index (χ1n) is 4.19. The van der Waals surface area contributed by atoms with E-state index in [9.17, 15) is 4.79 Å². The molecule has 0 atom stereocenters.